The second kappa shape index (κ2) is 7.49. The number of rotatable bonds is 6. The van der Waals surface area contributed by atoms with E-state index in [2.05, 4.69) is 23.5 Å². The highest BCUT2D eigenvalue weighted by molar-refractivity contribution is 5.91. The van der Waals surface area contributed by atoms with Crippen molar-refractivity contribution in [2.45, 2.75) is 25.8 Å². The highest BCUT2D eigenvalue weighted by Crippen LogP contribution is 2.24. The lowest BCUT2D eigenvalue weighted by atomic mass is 10.1. The third-order valence-corrected chi connectivity index (χ3v) is 4.48. The maximum Gasteiger partial charge on any atom is 0.279 e. The Morgan fingerprint density at radius 1 is 1.17 bits per heavy atom. The number of ether oxygens (including phenoxy) is 1. The van der Waals surface area contributed by atoms with Crippen LogP contribution in [0.2, 0.25) is 0 Å². The number of fused-ring (bicyclic) bond motifs is 1. The van der Waals surface area contributed by atoms with Gasteiger partial charge in [0.15, 0.2) is 6.54 Å². The quantitative estimate of drug-likeness (QED) is 0.851. The van der Waals surface area contributed by atoms with Gasteiger partial charge < -0.3 is 15.0 Å². The van der Waals surface area contributed by atoms with E-state index in [1.807, 2.05) is 31.3 Å². The lowest BCUT2D eigenvalue weighted by Crippen LogP contribution is -3.08. The molecule has 0 fully saturated rings. The summed E-state index contributed by atoms with van der Waals surface area (Å²) in [7, 11) is 3.70. The molecule has 2 aromatic carbocycles. The van der Waals surface area contributed by atoms with Gasteiger partial charge in [0.05, 0.1) is 14.2 Å². The topological polar surface area (TPSA) is 42.8 Å². The number of nitrogens with one attached hydrogen (secondary N) is 2. The predicted molar refractivity (Wildman–Crippen MR) is 95.5 cm³/mol. The highest BCUT2D eigenvalue weighted by Gasteiger charge is 2.14. The molecule has 4 heteroatoms. The smallest absolute Gasteiger partial charge is 0.279 e. The van der Waals surface area contributed by atoms with E-state index in [-0.39, 0.29) is 5.91 Å². The van der Waals surface area contributed by atoms with E-state index in [4.69, 9.17) is 4.74 Å². The summed E-state index contributed by atoms with van der Waals surface area (Å²) in [6.07, 6.45) is 3.51. The number of benzene rings is 2. The van der Waals surface area contributed by atoms with Crippen molar-refractivity contribution in [1.29, 1.82) is 0 Å². The van der Waals surface area contributed by atoms with Crippen molar-refractivity contribution in [2.24, 2.45) is 0 Å². The first-order valence-corrected chi connectivity index (χ1v) is 8.50. The average Bonchev–Trinajstić information content (AvgIpc) is 3.02. The van der Waals surface area contributed by atoms with Crippen LogP contribution in [-0.2, 0) is 24.2 Å². The summed E-state index contributed by atoms with van der Waals surface area (Å²) in [6, 6.07) is 14.3. The van der Waals surface area contributed by atoms with Crippen LogP contribution >= 0.6 is 0 Å². The minimum atomic E-state index is 0.0494. The van der Waals surface area contributed by atoms with Gasteiger partial charge in [0.25, 0.3) is 5.91 Å². The van der Waals surface area contributed by atoms with E-state index in [1.54, 1.807) is 7.11 Å². The molecule has 0 radical (unpaired) electrons. The van der Waals surface area contributed by atoms with Crippen molar-refractivity contribution in [3.63, 3.8) is 0 Å². The Hall–Kier alpha value is -2.33. The zero-order valence-electron chi connectivity index (χ0n) is 14.4. The van der Waals surface area contributed by atoms with Crippen LogP contribution < -0.4 is 15.0 Å². The summed E-state index contributed by atoms with van der Waals surface area (Å²) < 4.78 is 5.24. The molecule has 0 spiro atoms. The van der Waals surface area contributed by atoms with Gasteiger partial charge in [0.2, 0.25) is 0 Å². The van der Waals surface area contributed by atoms with E-state index in [1.165, 1.54) is 17.5 Å². The summed E-state index contributed by atoms with van der Waals surface area (Å²) in [4.78, 5) is 13.4. The van der Waals surface area contributed by atoms with Crippen molar-refractivity contribution in [2.75, 3.05) is 26.0 Å². The first-order chi connectivity index (χ1) is 11.6. The number of quaternary nitrogens is 1. The normalized spacial score (nSPS) is 14.1. The number of aryl methyl sites for hydroxylation is 2. The average molecular weight is 325 g/mol. The Morgan fingerprint density at radius 2 is 2.00 bits per heavy atom. The first-order valence-electron chi connectivity index (χ1n) is 8.50. The molecule has 1 aliphatic carbocycles. The molecule has 2 N–H and O–H groups in total. The molecular formula is C20H25N2O2+. The Bertz CT molecular complexity index is 727. The molecule has 2 aromatic rings. The van der Waals surface area contributed by atoms with E-state index in [9.17, 15) is 4.79 Å². The molecule has 0 bridgehead atoms. The first kappa shape index (κ1) is 16.5. The summed E-state index contributed by atoms with van der Waals surface area (Å²) >= 11 is 0. The van der Waals surface area contributed by atoms with E-state index in [0.717, 1.165) is 41.3 Å². The van der Waals surface area contributed by atoms with E-state index < -0.39 is 0 Å². The van der Waals surface area contributed by atoms with Crippen LogP contribution in [0.5, 0.6) is 5.75 Å². The third-order valence-electron chi connectivity index (χ3n) is 4.48. The van der Waals surface area contributed by atoms with Crippen molar-refractivity contribution < 1.29 is 14.4 Å². The van der Waals surface area contributed by atoms with Crippen LogP contribution in [0.4, 0.5) is 5.69 Å². The Kier molecular flexibility index (Phi) is 5.16. The Balaban J connectivity index is 1.54. The van der Waals surface area contributed by atoms with Gasteiger partial charge >= 0.3 is 0 Å². The Morgan fingerprint density at radius 3 is 2.83 bits per heavy atom. The number of likely N-dealkylation sites (N-methyl/N-ethyl adjacent to an activating group) is 1. The number of hydrogen-bond donors (Lipinski definition) is 2. The summed E-state index contributed by atoms with van der Waals surface area (Å²) in [5, 5.41) is 3.03. The van der Waals surface area contributed by atoms with Gasteiger partial charge in [0.1, 0.15) is 12.3 Å². The van der Waals surface area contributed by atoms with Crippen LogP contribution in [0.3, 0.4) is 0 Å². The SMILES string of the molecule is COc1cccc(C[NH+](C)CC(=O)Nc2ccc3c(c2)CCC3)c1. The highest BCUT2D eigenvalue weighted by atomic mass is 16.5. The molecule has 0 aromatic heterocycles. The number of hydrogen-bond acceptors (Lipinski definition) is 2. The second-order valence-corrected chi connectivity index (χ2v) is 6.55. The maximum absolute atomic E-state index is 12.3. The van der Waals surface area contributed by atoms with Gasteiger partial charge in [0, 0.05) is 11.3 Å². The summed E-state index contributed by atoms with van der Waals surface area (Å²) in [6.45, 7) is 1.23. The third kappa shape index (κ3) is 4.15. The van der Waals surface area contributed by atoms with Gasteiger partial charge in [-0.3, -0.25) is 4.79 Å². The number of carbonyl (C=O) groups is 1. The van der Waals surface area contributed by atoms with Gasteiger partial charge in [-0.05, 0) is 54.7 Å². The molecule has 0 saturated heterocycles. The van der Waals surface area contributed by atoms with Gasteiger partial charge in [-0.15, -0.1) is 0 Å². The summed E-state index contributed by atoms with van der Waals surface area (Å²) in [5.74, 6) is 0.899. The van der Waals surface area contributed by atoms with Gasteiger partial charge in [-0.25, -0.2) is 0 Å². The molecule has 24 heavy (non-hydrogen) atoms. The minimum absolute atomic E-state index is 0.0494. The molecule has 0 aliphatic heterocycles. The fourth-order valence-electron chi connectivity index (χ4n) is 3.32. The molecule has 1 unspecified atom stereocenters. The van der Waals surface area contributed by atoms with Crippen LogP contribution in [0.15, 0.2) is 42.5 Å². The monoisotopic (exact) mass is 325 g/mol. The predicted octanol–water partition coefficient (Wildman–Crippen LogP) is 1.84. The molecule has 126 valence electrons. The van der Waals surface area contributed by atoms with E-state index >= 15 is 0 Å². The zero-order chi connectivity index (χ0) is 16.9. The van der Waals surface area contributed by atoms with Crippen LogP contribution in [0.1, 0.15) is 23.1 Å². The van der Waals surface area contributed by atoms with Crippen molar-refractivity contribution in [3.8, 4) is 5.75 Å². The lowest BCUT2D eigenvalue weighted by Gasteiger charge is -2.15. The molecule has 3 rings (SSSR count). The van der Waals surface area contributed by atoms with Crippen LogP contribution in [0, 0.1) is 0 Å². The van der Waals surface area contributed by atoms with Crippen LogP contribution in [-0.4, -0.2) is 26.6 Å². The number of anilines is 1. The molecule has 0 saturated carbocycles. The minimum Gasteiger partial charge on any atom is -0.497 e. The summed E-state index contributed by atoms with van der Waals surface area (Å²) in [5.41, 5.74) is 4.88. The zero-order valence-corrected chi connectivity index (χ0v) is 14.4. The largest absolute Gasteiger partial charge is 0.497 e. The molecular weight excluding hydrogens is 300 g/mol. The standard InChI is InChI=1S/C20H24N2O2/c1-22(13-15-5-3-8-19(11-15)24-2)14-20(23)21-18-10-9-16-6-4-7-17(16)12-18/h3,5,8-12H,4,6-7,13-14H2,1-2H3,(H,21,23)/p+1. The number of amides is 1. The number of carbonyl (C=O) groups excluding carboxylic acids is 1. The van der Waals surface area contributed by atoms with Crippen LogP contribution in [0.25, 0.3) is 0 Å². The maximum atomic E-state index is 12.3. The molecule has 0 heterocycles. The van der Waals surface area contributed by atoms with Gasteiger partial charge in [-0.2, -0.15) is 0 Å². The van der Waals surface area contributed by atoms with Crippen molar-refractivity contribution in [3.05, 3.63) is 59.2 Å². The second-order valence-electron chi connectivity index (χ2n) is 6.55. The fourth-order valence-corrected chi connectivity index (χ4v) is 3.32. The molecule has 1 atom stereocenters. The Labute approximate surface area is 143 Å². The van der Waals surface area contributed by atoms with E-state index in [0.29, 0.717) is 6.54 Å². The lowest BCUT2D eigenvalue weighted by molar-refractivity contribution is -0.885. The molecule has 1 amide bonds. The number of methoxy groups -OCH3 is 1. The van der Waals surface area contributed by atoms with Crippen molar-refractivity contribution in [1.82, 2.24) is 0 Å². The fraction of sp³-hybridized carbons (Fsp3) is 0.350. The molecule has 4 nitrogen and oxygen atoms in total. The van der Waals surface area contributed by atoms with Gasteiger partial charge in [-0.1, -0.05) is 18.2 Å². The molecule has 1 aliphatic rings. The van der Waals surface area contributed by atoms with Crippen molar-refractivity contribution >= 4 is 11.6 Å².